The predicted molar refractivity (Wildman–Crippen MR) is 123 cm³/mol. The van der Waals surface area contributed by atoms with Crippen LogP contribution >= 0.6 is 11.3 Å². The van der Waals surface area contributed by atoms with Crippen molar-refractivity contribution in [1.29, 1.82) is 0 Å². The molecule has 0 saturated carbocycles. The third-order valence-corrected chi connectivity index (χ3v) is 6.62. The van der Waals surface area contributed by atoms with Crippen molar-refractivity contribution in [3.05, 3.63) is 58.6 Å². The molecule has 1 aliphatic rings. The van der Waals surface area contributed by atoms with Crippen LogP contribution in [0.2, 0.25) is 0 Å². The summed E-state index contributed by atoms with van der Waals surface area (Å²) in [7, 11) is 4.71. The lowest BCUT2D eigenvalue weighted by Gasteiger charge is -2.33. The molecule has 1 unspecified atom stereocenters. The molecule has 0 aliphatic carbocycles. The van der Waals surface area contributed by atoms with Crippen LogP contribution in [-0.2, 0) is 4.74 Å². The zero-order valence-electron chi connectivity index (χ0n) is 18.6. The van der Waals surface area contributed by atoms with Crippen molar-refractivity contribution in [2.24, 2.45) is 0 Å². The van der Waals surface area contributed by atoms with E-state index in [2.05, 4.69) is 4.98 Å². The van der Waals surface area contributed by atoms with E-state index < -0.39 is 0 Å². The van der Waals surface area contributed by atoms with Crippen molar-refractivity contribution in [3.8, 4) is 27.8 Å². The summed E-state index contributed by atoms with van der Waals surface area (Å²) in [4.78, 5) is 20.5. The Hall–Kier alpha value is -3.10. The van der Waals surface area contributed by atoms with Crippen molar-refractivity contribution in [3.63, 3.8) is 0 Å². The molecule has 1 saturated heterocycles. The number of carbonyl (C=O) groups excluding carboxylic acids is 1. The Balaban J connectivity index is 1.60. The van der Waals surface area contributed by atoms with Gasteiger partial charge in [0.05, 0.1) is 40.2 Å². The molecule has 7 nitrogen and oxygen atoms in total. The SMILES string of the molecule is COc1cc(-c2nc(C)c(C(=O)N3CCOC(c4ccccc4)C3)s2)cc(OC)c1OC. The van der Waals surface area contributed by atoms with E-state index in [0.717, 1.165) is 16.1 Å². The quantitative estimate of drug-likeness (QED) is 0.551. The van der Waals surface area contributed by atoms with Crippen LogP contribution in [0.4, 0.5) is 0 Å². The zero-order chi connectivity index (χ0) is 22.7. The number of carbonyl (C=O) groups is 1. The van der Waals surface area contributed by atoms with Gasteiger partial charge in [0, 0.05) is 12.1 Å². The van der Waals surface area contributed by atoms with E-state index in [1.165, 1.54) is 11.3 Å². The summed E-state index contributed by atoms with van der Waals surface area (Å²) in [5.41, 5.74) is 2.58. The monoisotopic (exact) mass is 454 g/mol. The molecule has 8 heteroatoms. The van der Waals surface area contributed by atoms with E-state index in [-0.39, 0.29) is 12.0 Å². The normalized spacial score (nSPS) is 16.0. The molecule has 3 aromatic rings. The second-order valence-corrected chi connectivity index (χ2v) is 8.37. The highest BCUT2D eigenvalue weighted by atomic mass is 32.1. The van der Waals surface area contributed by atoms with Crippen molar-refractivity contribution in [2.75, 3.05) is 41.0 Å². The molecule has 2 heterocycles. The molecule has 1 aromatic heterocycles. The highest BCUT2D eigenvalue weighted by Gasteiger charge is 2.29. The number of aryl methyl sites for hydroxylation is 1. The van der Waals surface area contributed by atoms with E-state index in [0.29, 0.717) is 47.5 Å². The lowest BCUT2D eigenvalue weighted by atomic mass is 10.1. The fourth-order valence-corrected chi connectivity index (χ4v) is 4.79. The number of morpholine rings is 1. The van der Waals surface area contributed by atoms with Crippen molar-refractivity contribution < 1.29 is 23.7 Å². The third-order valence-electron chi connectivity index (χ3n) is 5.43. The molecular formula is C24H26N2O5S. The summed E-state index contributed by atoms with van der Waals surface area (Å²) in [6, 6.07) is 13.7. The van der Waals surface area contributed by atoms with Crippen LogP contribution in [0.1, 0.15) is 27.0 Å². The molecule has 0 radical (unpaired) electrons. The second kappa shape index (κ2) is 9.58. The summed E-state index contributed by atoms with van der Waals surface area (Å²) in [5, 5.41) is 0.720. The molecule has 1 fully saturated rings. The molecule has 1 atom stereocenters. The Morgan fingerprint density at radius 1 is 1.09 bits per heavy atom. The van der Waals surface area contributed by atoms with Crippen molar-refractivity contribution in [1.82, 2.24) is 9.88 Å². The van der Waals surface area contributed by atoms with Crippen LogP contribution in [0.25, 0.3) is 10.6 Å². The number of rotatable bonds is 6. The molecule has 0 bridgehead atoms. The van der Waals surface area contributed by atoms with Gasteiger partial charge in [-0.3, -0.25) is 4.79 Å². The van der Waals surface area contributed by atoms with Crippen LogP contribution in [-0.4, -0.2) is 56.8 Å². The predicted octanol–water partition coefficient (Wildman–Crippen LogP) is 4.36. The van der Waals surface area contributed by atoms with Gasteiger partial charge in [-0.2, -0.15) is 0 Å². The van der Waals surface area contributed by atoms with Gasteiger partial charge in [-0.15, -0.1) is 11.3 Å². The minimum atomic E-state index is -0.128. The first-order chi connectivity index (χ1) is 15.5. The highest BCUT2D eigenvalue weighted by Crippen LogP contribution is 2.42. The average molecular weight is 455 g/mol. The number of hydrogen-bond acceptors (Lipinski definition) is 7. The van der Waals surface area contributed by atoms with Crippen molar-refractivity contribution >= 4 is 17.2 Å². The molecule has 0 spiro atoms. The summed E-state index contributed by atoms with van der Waals surface area (Å²) in [6.07, 6.45) is -0.128. The van der Waals surface area contributed by atoms with Gasteiger partial charge >= 0.3 is 0 Å². The summed E-state index contributed by atoms with van der Waals surface area (Å²) in [5.74, 6) is 1.58. The fraction of sp³-hybridized carbons (Fsp3) is 0.333. The van der Waals surface area contributed by atoms with Crippen LogP contribution in [0.5, 0.6) is 17.2 Å². The Morgan fingerprint density at radius 3 is 2.41 bits per heavy atom. The Morgan fingerprint density at radius 2 is 1.78 bits per heavy atom. The number of aromatic nitrogens is 1. The summed E-state index contributed by atoms with van der Waals surface area (Å²) >= 11 is 1.37. The molecule has 32 heavy (non-hydrogen) atoms. The number of thiazole rings is 1. The number of amides is 1. The number of ether oxygens (including phenoxy) is 4. The Kier molecular flexibility index (Phi) is 6.62. The van der Waals surface area contributed by atoms with Gasteiger partial charge < -0.3 is 23.8 Å². The van der Waals surface area contributed by atoms with E-state index >= 15 is 0 Å². The van der Waals surface area contributed by atoms with Crippen LogP contribution < -0.4 is 14.2 Å². The Labute approximate surface area is 191 Å². The summed E-state index contributed by atoms with van der Waals surface area (Å²) < 4.78 is 22.2. The molecule has 1 aliphatic heterocycles. The van der Waals surface area contributed by atoms with Crippen molar-refractivity contribution in [2.45, 2.75) is 13.0 Å². The maximum atomic E-state index is 13.4. The zero-order valence-corrected chi connectivity index (χ0v) is 19.4. The molecule has 168 valence electrons. The topological polar surface area (TPSA) is 70.1 Å². The average Bonchev–Trinajstić information content (AvgIpc) is 3.24. The third kappa shape index (κ3) is 4.28. The van der Waals surface area contributed by atoms with Gasteiger partial charge in [-0.1, -0.05) is 30.3 Å². The Bertz CT molecular complexity index is 1070. The molecule has 2 aromatic carbocycles. The standard InChI is InChI=1S/C24H26N2O5S/c1-15-22(24(27)26-10-11-31-20(14-26)16-8-6-5-7-9-16)32-23(25-15)17-12-18(28-2)21(30-4)19(13-17)29-3/h5-9,12-13,20H,10-11,14H2,1-4H3. The van der Waals surface area contributed by atoms with Gasteiger partial charge in [0.1, 0.15) is 16.0 Å². The van der Waals surface area contributed by atoms with Gasteiger partial charge in [0.25, 0.3) is 5.91 Å². The molecule has 0 N–H and O–H groups in total. The first kappa shape index (κ1) is 22.1. The first-order valence-corrected chi connectivity index (χ1v) is 11.1. The maximum Gasteiger partial charge on any atom is 0.266 e. The van der Waals surface area contributed by atoms with E-state index in [1.807, 2.05) is 54.3 Å². The fourth-order valence-electron chi connectivity index (χ4n) is 3.77. The van der Waals surface area contributed by atoms with Crippen LogP contribution in [0.15, 0.2) is 42.5 Å². The van der Waals surface area contributed by atoms with E-state index in [9.17, 15) is 4.79 Å². The summed E-state index contributed by atoms with van der Waals surface area (Å²) in [6.45, 7) is 3.43. The van der Waals surface area contributed by atoms with Gasteiger partial charge in [-0.25, -0.2) is 4.98 Å². The number of methoxy groups -OCH3 is 3. The van der Waals surface area contributed by atoms with Gasteiger partial charge in [-0.05, 0) is 24.6 Å². The van der Waals surface area contributed by atoms with Crippen LogP contribution in [0.3, 0.4) is 0 Å². The van der Waals surface area contributed by atoms with Gasteiger partial charge in [0.15, 0.2) is 11.5 Å². The lowest BCUT2D eigenvalue weighted by Crippen LogP contribution is -2.42. The minimum Gasteiger partial charge on any atom is -0.493 e. The van der Waals surface area contributed by atoms with Crippen LogP contribution in [0, 0.1) is 6.92 Å². The lowest BCUT2D eigenvalue weighted by molar-refractivity contribution is -0.0226. The molecule has 4 rings (SSSR count). The number of hydrogen-bond donors (Lipinski definition) is 0. The highest BCUT2D eigenvalue weighted by molar-refractivity contribution is 7.17. The number of benzene rings is 2. The largest absolute Gasteiger partial charge is 0.493 e. The first-order valence-electron chi connectivity index (χ1n) is 10.3. The van der Waals surface area contributed by atoms with E-state index in [1.54, 1.807) is 21.3 Å². The minimum absolute atomic E-state index is 0.0251. The number of nitrogens with zero attached hydrogens (tertiary/aromatic N) is 2. The van der Waals surface area contributed by atoms with E-state index in [4.69, 9.17) is 18.9 Å². The smallest absolute Gasteiger partial charge is 0.266 e. The molecule has 1 amide bonds. The van der Waals surface area contributed by atoms with Gasteiger partial charge in [0.2, 0.25) is 5.75 Å². The second-order valence-electron chi connectivity index (χ2n) is 7.37. The molecular weight excluding hydrogens is 428 g/mol. The maximum absolute atomic E-state index is 13.4.